The molecule has 0 saturated heterocycles. The molecular formula is C5H7Cl2N3O. The Morgan fingerprint density at radius 2 is 2.55 bits per heavy atom. The number of hydrogen-bond acceptors (Lipinski definition) is 4. The fourth-order valence-electron chi connectivity index (χ4n) is 0.588. The van der Waals surface area contributed by atoms with Crippen LogP contribution in [0, 0.1) is 0 Å². The second kappa shape index (κ2) is 3.69. The van der Waals surface area contributed by atoms with Gasteiger partial charge in [0.2, 0.25) is 5.90 Å². The number of halogens is 2. The predicted molar refractivity (Wildman–Crippen MR) is 43.8 cm³/mol. The molecule has 0 aliphatic carbocycles. The Kier molecular flexibility index (Phi) is 2.84. The number of hydrogen-bond donors (Lipinski definition) is 1. The minimum Gasteiger partial charge on any atom is -0.477 e. The van der Waals surface area contributed by atoms with E-state index in [2.05, 4.69) is 10.5 Å². The molecule has 0 unspecified atom stereocenters. The SMILES string of the molecule is CCOC1=NN(Cl)NC(Cl)=C1. The van der Waals surface area contributed by atoms with Crippen LogP contribution in [0.25, 0.3) is 0 Å². The zero-order chi connectivity index (χ0) is 8.27. The van der Waals surface area contributed by atoms with Gasteiger partial charge in [-0.15, -0.1) is 9.74 Å². The summed E-state index contributed by atoms with van der Waals surface area (Å²) in [5.41, 5.74) is 2.53. The van der Waals surface area contributed by atoms with Crippen LogP contribution >= 0.6 is 23.4 Å². The van der Waals surface area contributed by atoms with Crippen LogP contribution in [0.1, 0.15) is 6.92 Å². The maximum Gasteiger partial charge on any atom is 0.237 e. The van der Waals surface area contributed by atoms with Crippen LogP contribution in [0.2, 0.25) is 0 Å². The van der Waals surface area contributed by atoms with Gasteiger partial charge in [-0.25, -0.2) is 0 Å². The van der Waals surface area contributed by atoms with E-state index >= 15 is 0 Å². The molecule has 1 aliphatic rings. The van der Waals surface area contributed by atoms with Crippen molar-refractivity contribution in [3.05, 3.63) is 11.2 Å². The average Bonchev–Trinajstić information content (AvgIpc) is 1.85. The van der Waals surface area contributed by atoms with Crippen molar-refractivity contribution in [1.82, 2.24) is 10.1 Å². The Morgan fingerprint density at radius 1 is 1.82 bits per heavy atom. The van der Waals surface area contributed by atoms with Crippen molar-refractivity contribution in [2.24, 2.45) is 5.10 Å². The quantitative estimate of drug-likeness (QED) is 0.508. The Bertz CT molecular complexity index is 204. The van der Waals surface area contributed by atoms with Crippen LogP contribution in [0.4, 0.5) is 0 Å². The number of nitrogens with one attached hydrogen (secondary N) is 1. The highest BCUT2D eigenvalue weighted by molar-refractivity contribution is 6.31. The summed E-state index contributed by atoms with van der Waals surface area (Å²) < 4.78 is 6.01. The summed E-state index contributed by atoms with van der Waals surface area (Å²) in [6, 6.07) is 0. The topological polar surface area (TPSA) is 36.9 Å². The average molecular weight is 196 g/mol. The molecule has 6 heteroatoms. The van der Waals surface area contributed by atoms with Crippen molar-refractivity contribution in [2.75, 3.05) is 6.61 Å². The minimum absolute atomic E-state index is 0.374. The van der Waals surface area contributed by atoms with E-state index in [-0.39, 0.29) is 0 Å². The molecule has 4 nitrogen and oxygen atoms in total. The minimum atomic E-state index is 0.374. The molecule has 0 aromatic heterocycles. The summed E-state index contributed by atoms with van der Waals surface area (Å²) >= 11 is 11.1. The third-order valence-electron chi connectivity index (χ3n) is 0.928. The van der Waals surface area contributed by atoms with Gasteiger partial charge < -0.3 is 4.74 Å². The Labute approximate surface area is 74.5 Å². The lowest BCUT2D eigenvalue weighted by molar-refractivity contribution is 0.301. The van der Waals surface area contributed by atoms with Gasteiger partial charge in [0.05, 0.1) is 18.4 Å². The summed E-state index contributed by atoms with van der Waals surface area (Å²) in [6.45, 7) is 2.38. The maximum atomic E-state index is 5.61. The van der Waals surface area contributed by atoms with Gasteiger partial charge in [-0.1, -0.05) is 11.6 Å². The number of hydrazone groups is 1. The number of hydrazine groups is 1. The van der Waals surface area contributed by atoms with Crippen molar-refractivity contribution in [1.29, 1.82) is 0 Å². The second-order valence-corrected chi connectivity index (χ2v) is 2.46. The number of rotatable bonds is 1. The van der Waals surface area contributed by atoms with E-state index in [9.17, 15) is 0 Å². The summed E-state index contributed by atoms with van der Waals surface area (Å²) in [6.07, 6.45) is 1.55. The van der Waals surface area contributed by atoms with E-state index in [0.29, 0.717) is 17.7 Å². The summed E-state index contributed by atoms with van der Waals surface area (Å²) in [7, 11) is 0. The van der Waals surface area contributed by atoms with Gasteiger partial charge in [0, 0.05) is 6.08 Å². The third kappa shape index (κ3) is 2.48. The molecule has 0 saturated carbocycles. The van der Waals surface area contributed by atoms with Crippen molar-refractivity contribution in [3.8, 4) is 0 Å². The van der Waals surface area contributed by atoms with Gasteiger partial charge in [-0.3, -0.25) is 5.43 Å². The Balaban J connectivity index is 2.62. The molecule has 0 radical (unpaired) electrons. The molecule has 1 heterocycles. The van der Waals surface area contributed by atoms with Gasteiger partial charge in [0.1, 0.15) is 5.16 Å². The molecule has 62 valence electrons. The lowest BCUT2D eigenvalue weighted by Gasteiger charge is -2.16. The van der Waals surface area contributed by atoms with Crippen LogP contribution in [-0.2, 0) is 4.74 Å². The smallest absolute Gasteiger partial charge is 0.237 e. The third-order valence-corrected chi connectivity index (χ3v) is 1.28. The van der Waals surface area contributed by atoms with E-state index in [1.165, 1.54) is 0 Å². The summed E-state index contributed by atoms with van der Waals surface area (Å²) in [4.78, 5) is 0. The molecule has 0 fully saturated rings. The fraction of sp³-hybridized carbons (Fsp3) is 0.400. The summed E-state index contributed by atoms with van der Waals surface area (Å²) in [5.74, 6) is 0.395. The first-order chi connectivity index (χ1) is 5.22. The Hall–Kier alpha value is -0.610. The highest BCUT2D eigenvalue weighted by atomic mass is 35.5. The number of nitrogens with zero attached hydrogens (tertiary/aromatic N) is 2. The van der Waals surface area contributed by atoms with Crippen molar-refractivity contribution >= 4 is 29.3 Å². The normalized spacial score (nSPS) is 16.8. The first kappa shape index (κ1) is 8.49. The summed E-state index contributed by atoms with van der Waals surface area (Å²) in [5, 5.41) is 4.12. The fourth-order valence-corrected chi connectivity index (χ4v) is 0.970. The lowest BCUT2D eigenvalue weighted by Crippen LogP contribution is -2.28. The van der Waals surface area contributed by atoms with Gasteiger partial charge in [0.15, 0.2) is 0 Å². The number of ether oxygens (including phenoxy) is 1. The van der Waals surface area contributed by atoms with E-state index < -0.39 is 0 Å². The first-order valence-corrected chi connectivity index (χ1v) is 3.75. The van der Waals surface area contributed by atoms with Crippen LogP contribution in [-0.4, -0.2) is 17.1 Å². The largest absolute Gasteiger partial charge is 0.477 e. The molecule has 1 aliphatic heterocycles. The van der Waals surface area contributed by atoms with Gasteiger partial charge in [0.25, 0.3) is 0 Å². The first-order valence-electron chi connectivity index (χ1n) is 3.03. The van der Waals surface area contributed by atoms with E-state index in [1.54, 1.807) is 6.08 Å². The highest BCUT2D eigenvalue weighted by Crippen LogP contribution is 2.08. The van der Waals surface area contributed by atoms with Crippen molar-refractivity contribution < 1.29 is 4.74 Å². The predicted octanol–water partition coefficient (Wildman–Crippen LogP) is 1.39. The Morgan fingerprint density at radius 3 is 3.09 bits per heavy atom. The molecule has 0 amide bonds. The molecular weight excluding hydrogens is 189 g/mol. The zero-order valence-electron chi connectivity index (χ0n) is 5.84. The van der Waals surface area contributed by atoms with E-state index in [4.69, 9.17) is 28.1 Å². The molecule has 11 heavy (non-hydrogen) atoms. The van der Waals surface area contributed by atoms with E-state index in [1.807, 2.05) is 6.92 Å². The van der Waals surface area contributed by atoms with Gasteiger partial charge >= 0.3 is 0 Å². The monoisotopic (exact) mass is 195 g/mol. The molecule has 0 aromatic carbocycles. The molecule has 0 atom stereocenters. The van der Waals surface area contributed by atoms with Gasteiger partial charge in [-0.2, -0.15) is 0 Å². The molecule has 0 spiro atoms. The van der Waals surface area contributed by atoms with Crippen LogP contribution in [0.5, 0.6) is 0 Å². The highest BCUT2D eigenvalue weighted by Gasteiger charge is 2.09. The van der Waals surface area contributed by atoms with Crippen molar-refractivity contribution in [2.45, 2.75) is 6.92 Å². The van der Waals surface area contributed by atoms with Crippen LogP contribution in [0.15, 0.2) is 16.3 Å². The van der Waals surface area contributed by atoms with Crippen molar-refractivity contribution in [3.63, 3.8) is 0 Å². The van der Waals surface area contributed by atoms with Gasteiger partial charge in [-0.05, 0) is 6.92 Å². The maximum absolute atomic E-state index is 5.61. The lowest BCUT2D eigenvalue weighted by atomic mass is 10.6. The van der Waals surface area contributed by atoms with Crippen LogP contribution in [0.3, 0.4) is 0 Å². The van der Waals surface area contributed by atoms with Crippen LogP contribution < -0.4 is 5.43 Å². The van der Waals surface area contributed by atoms with E-state index in [0.717, 1.165) is 4.64 Å². The zero-order valence-corrected chi connectivity index (χ0v) is 7.35. The molecule has 1 rings (SSSR count). The standard InChI is InChI=1S/C5H7Cl2N3O/c1-2-11-5-3-4(6)8-10(7)9-5/h3,8H,2H2,1H3. The molecule has 0 bridgehead atoms. The molecule has 0 aromatic rings. The molecule has 1 N–H and O–H groups in total. The second-order valence-electron chi connectivity index (χ2n) is 1.74.